The average molecular weight is 340 g/mol. The number of nitrogens with one attached hydrogen (secondary N) is 1. The topological polar surface area (TPSA) is 62.3 Å². The standard InChI is InChI=1S/C15H22BrN3O/c1-10(11-6-7-11)19(8-9-20-2)13-5-3-4-12(16)14(13)15(17)18/h3-5,10-11H,6-9H2,1-2H3,(H3,17,18). The number of ether oxygens (including phenoxy) is 1. The van der Waals surface area contributed by atoms with Crippen molar-refractivity contribution in [2.24, 2.45) is 11.7 Å². The SMILES string of the molecule is COCCN(c1cccc(Br)c1C(=N)N)C(C)C1CC1. The molecular formula is C15H22BrN3O. The fourth-order valence-electron chi connectivity index (χ4n) is 2.58. The van der Waals surface area contributed by atoms with Crippen LogP contribution in [0.3, 0.4) is 0 Å². The van der Waals surface area contributed by atoms with Crippen LogP contribution >= 0.6 is 15.9 Å². The van der Waals surface area contributed by atoms with E-state index < -0.39 is 0 Å². The Labute approximate surface area is 128 Å². The van der Waals surface area contributed by atoms with Crippen molar-refractivity contribution >= 4 is 27.5 Å². The Morgan fingerprint density at radius 2 is 2.25 bits per heavy atom. The molecule has 0 aromatic heterocycles. The summed E-state index contributed by atoms with van der Waals surface area (Å²) in [7, 11) is 1.72. The van der Waals surface area contributed by atoms with Crippen LogP contribution in [0.2, 0.25) is 0 Å². The van der Waals surface area contributed by atoms with Crippen molar-refractivity contribution in [3.63, 3.8) is 0 Å². The molecule has 110 valence electrons. The molecule has 1 aliphatic rings. The molecule has 1 aliphatic carbocycles. The molecule has 0 spiro atoms. The van der Waals surface area contributed by atoms with E-state index in [-0.39, 0.29) is 5.84 Å². The number of nitrogens with zero attached hydrogens (tertiary/aromatic N) is 1. The van der Waals surface area contributed by atoms with Gasteiger partial charge in [-0.1, -0.05) is 6.07 Å². The molecule has 0 saturated heterocycles. The third-order valence-electron chi connectivity index (χ3n) is 3.90. The lowest BCUT2D eigenvalue weighted by atomic mass is 10.1. The zero-order valence-electron chi connectivity index (χ0n) is 12.0. The van der Waals surface area contributed by atoms with Crippen LogP contribution in [-0.2, 0) is 4.74 Å². The lowest BCUT2D eigenvalue weighted by Crippen LogP contribution is -2.38. The third-order valence-corrected chi connectivity index (χ3v) is 4.56. The molecule has 1 atom stereocenters. The van der Waals surface area contributed by atoms with Crippen molar-refractivity contribution in [2.75, 3.05) is 25.2 Å². The van der Waals surface area contributed by atoms with Crippen molar-refractivity contribution in [2.45, 2.75) is 25.8 Å². The van der Waals surface area contributed by atoms with Crippen LogP contribution in [0.15, 0.2) is 22.7 Å². The molecule has 0 bridgehead atoms. The fraction of sp³-hybridized carbons (Fsp3) is 0.533. The van der Waals surface area contributed by atoms with Gasteiger partial charge >= 0.3 is 0 Å². The first-order valence-corrected chi connectivity index (χ1v) is 7.74. The monoisotopic (exact) mass is 339 g/mol. The lowest BCUT2D eigenvalue weighted by Gasteiger charge is -2.33. The fourth-order valence-corrected chi connectivity index (χ4v) is 3.15. The number of hydrogen-bond acceptors (Lipinski definition) is 3. The maximum absolute atomic E-state index is 7.84. The Morgan fingerprint density at radius 1 is 1.55 bits per heavy atom. The zero-order valence-corrected chi connectivity index (χ0v) is 13.6. The van der Waals surface area contributed by atoms with E-state index in [1.165, 1.54) is 12.8 Å². The van der Waals surface area contributed by atoms with Gasteiger partial charge in [-0.15, -0.1) is 0 Å². The van der Waals surface area contributed by atoms with Crippen LogP contribution in [0, 0.1) is 11.3 Å². The van der Waals surface area contributed by atoms with Crippen molar-refractivity contribution in [3.05, 3.63) is 28.2 Å². The summed E-state index contributed by atoms with van der Waals surface area (Å²) in [4.78, 5) is 2.32. The molecule has 4 nitrogen and oxygen atoms in total. The van der Waals surface area contributed by atoms with Gasteiger partial charge in [0.1, 0.15) is 5.84 Å². The van der Waals surface area contributed by atoms with E-state index in [0.717, 1.165) is 28.2 Å². The molecule has 0 heterocycles. The van der Waals surface area contributed by atoms with E-state index in [1.807, 2.05) is 18.2 Å². The number of methoxy groups -OCH3 is 1. The molecule has 20 heavy (non-hydrogen) atoms. The van der Waals surface area contributed by atoms with Crippen molar-refractivity contribution in [3.8, 4) is 0 Å². The molecular weight excluding hydrogens is 318 g/mol. The van der Waals surface area contributed by atoms with Crippen molar-refractivity contribution < 1.29 is 4.74 Å². The number of hydrogen-bond donors (Lipinski definition) is 2. The summed E-state index contributed by atoms with van der Waals surface area (Å²) in [6.07, 6.45) is 2.57. The molecule has 0 aliphatic heterocycles. The second kappa shape index (κ2) is 6.59. The van der Waals surface area contributed by atoms with Crippen molar-refractivity contribution in [1.82, 2.24) is 0 Å². The Hall–Kier alpha value is -1.07. The first-order valence-electron chi connectivity index (χ1n) is 6.94. The van der Waals surface area contributed by atoms with E-state index in [1.54, 1.807) is 7.11 Å². The lowest BCUT2D eigenvalue weighted by molar-refractivity contribution is 0.202. The van der Waals surface area contributed by atoms with Crippen LogP contribution in [0.5, 0.6) is 0 Å². The maximum Gasteiger partial charge on any atom is 0.126 e. The molecule has 0 amide bonds. The van der Waals surface area contributed by atoms with Crippen LogP contribution in [0.4, 0.5) is 5.69 Å². The number of nitrogens with two attached hydrogens (primary N) is 1. The number of rotatable bonds is 7. The van der Waals surface area contributed by atoms with Crippen LogP contribution < -0.4 is 10.6 Å². The molecule has 2 rings (SSSR count). The molecule has 3 N–H and O–H groups in total. The van der Waals surface area contributed by atoms with Crippen LogP contribution in [0.1, 0.15) is 25.3 Å². The van der Waals surface area contributed by atoms with Gasteiger partial charge in [-0.05, 0) is 53.7 Å². The van der Waals surface area contributed by atoms with E-state index in [0.29, 0.717) is 12.6 Å². The smallest absolute Gasteiger partial charge is 0.126 e. The molecule has 1 saturated carbocycles. The molecule has 1 aromatic rings. The van der Waals surface area contributed by atoms with Gasteiger partial charge < -0.3 is 15.4 Å². The number of halogens is 1. The summed E-state index contributed by atoms with van der Waals surface area (Å²) in [6, 6.07) is 6.40. The minimum atomic E-state index is 0.0953. The second-order valence-corrected chi connectivity index (χ2v) is 6.17. The largest absolute Gasteiger partial charge is 0.384 e. The second-order valence-electron chi connectivity index (χ2n) is 5.31. The van der Waals surface area contributed by atoms with Gasteiger partial charge in [0, 0.05) is 29.9 Å². The first-order chi connectivity index (χ1) is 9.56. The van der Waals surface area contributed by atoms with Gasteiger partial charge in [0.2, 0.25) is 0 Å². The molecule has 1 fully saturated rings. The Balaban J connectivity index is 2.36. The van der Waals surface area contributed by atoms with Crippen molar-refractivity contribution in [1.29, 1.82) is 5.41 Å². The first kappa shape index (κ1) is 15.3. The number of nitrogen functional groups attached to an aromatic ring is 1. The predicted octanol–water partition coefficient (Wildman–Crippen LogP) is 2.98. The predicted molar refractivity (Wildman–Crippen MR) is 86.6 cm³/mol. The Kier molecular flexibility index (Phi) is 5.05. The average Bonchev–Trinajstić information content (AvgIpc) is 3.22. The van der Waals surface area contributed by atoms with Gasteiger partial charge in [0.15, 0.2) is 0 Å². The summed E-state index contributed by atoms with van der Waals surface area (Å²) >= 11 is 3.51. The van der Waals surface area contributed by atoms with E-state index in [2.05, 4.69) is 27.8 Å². The normalized spacial score (nSPS) is 15.9. The van der Waals surface area contributed by atoms with E-state index in [9.17, 15) is 0 Å². The van der Waals surface area contributed by atoms with E-state index in [4.69, 9.17) is 15.9 Å². The summed E-state index contributed by atoms with van der Waals surface area (Å²) in [6.45, 7) is 3.73. The van der Waals surface area contributed by atoms with Gasteiger partial charge in [0.05, 0.1) is 12.2 Å². The van der Waals surface area contributed by atoms with E-state index >= 15 is 0 Å². The van der Waals surface area contributed by atoms with Gasteiger partial charge in [0.25, 0.3) is 0 Å². The van der Waals surface area contributed by atoms with Crippen LogP contribution in [-0.4, -0.2) is 32.1 Å². The highest BCUT2D eigenvalue weighted by molar-refractivity contribution is 9.10. The minimum absolute atomic E-state index is 0.0953. The third kappa shape index (κ3) is 3.33. The van der Waals surface area contributed by atoms with Crippen LogP contribution in [0.25, 0.3) is 0 Å². The zero-order chi connectivity index (χ0) is 14.7. The summed E-state index contributed by atoms with van der Waals surface area (Å²) in [5, 5.41) is 7.84. The summed E-state index contributed by atoms with van der Waals surface area (Å²) < 4.78 is 6.10. The number of anilines is 1. The summed E-state index contributed by atoms with van der Waals surface area (Å²) in [5.74, 6) is 0.837. The summed E-state index contributed by atoms with van der Waals surface area (Å²) in [5.41, 5.74) is 7.56. The number of amidine groups is 1. The number of benzene rings is 1. The Bertz CT molecular complexity index is 488. The highest BCUT2D eigenvalue weighted by atomic mass is 79.9. The molecule has 0 radical (unpaired) electrons. The highest BCUT2D eigenvalue weighted by Gasteiger charge is 2.33. The minimum Gasteiger partial charge on any atom is -0.384 e. The quantitative estimate of drug-likeness (QED) is 0.593. The molecule has 5 heteroatoms. The maximum atomic E-state index is 7.84. The van der Waals surface area contributed by atoms with Gasteiger partial charge in [-0.25, -0.2) is 0 Å². The molecule has 1 unspecified atom stereocenters. The van der Waals surface area contributed by atoms with Gasteiger partial charge in [-0.2, -0.15) is 0 Å². The highest BCUT2D eigenvalue weighted by Crippen LogP contribution is 2.38. The molecule has 1 aromatic carbocycles. The Morgan fingerprint density at radius 3 is 2.80 bits per heavy atom. The van der Waals surface area contributed by atoms with Gasteiger partial charge in [-0.3, -0.25) is 5.41 Å².